The number of benzene rings is 1. The number of piperidine rings is 1. The summed E-state index contributed by atoms with van der Waals surface area (Å²) in [6.45, 7) is 11.4. The molecule has 0 aliphatic carbocycles. The van der Waals surface area contributed by atoms with Crippen molar-refractivity contribution in [2.24, 2.45) is 10.9 Å². The number of rotatable bonds is 8. The van der Waals surface area contributed by atoms with E-state index in [0.717, 1.165) is 30.5 Å². The number of aliphatic hydroxyl groups excluding tert-OH is 1. The van der Waals surface area contributed by atoms with E-state index in [1.165, 1.54) is 25.9 Å². The van der Waals surface area contributed by atoms with Crippen LogP contribution in [-0.2, 0) is 0 Å². The molecule has 6 heteroatoms. The third kappa shape index (κ3) is 8.79. The summed E-state index contributed by atoms with van der Waals surface area (Å²) in [7, 11) is 0. The van der Waals surface area contributed by atoms with Crippen molar-refractivity contribution in [2.75, 3.05) is 32.7 Å². The zero-order valence-electron chi connectivity index (χ0n) is 17.0. The first kappa shape index (κ1) is 24.2. The molecule has 0 bridgehead atoms. The highest BCUT2D eigenvalue weighted by molar-refractivity contribution is 14.0. The van der Waals surface area contributed by atoms with E-state index in [2.05, 4.69) is 36.3 Å². The number of aliphatic imine (C=N–C) groups is 1. The molecule has 0 aromatic heterocycles. The van der Waals surface area contributed by atoms with Crippen LogP contribution >= 0.6 is 24.0 Å². The number of nitrogens with zero attached hydrogens (tertiary/aromatic N) is 2. The fraction of sp³-hybridized carbons (Fsp3) is 0.667. The fourth-order valence-electron chi connectivity index (χ4n) is 3.32. The summed E-state index contributed by atoms with van der Waals surface area (Å²) >= 11 is 0. The van der Waals surface area contributed by atoms with E-state index < -0.39 is 6.10 Å². The maximum absolute atomic E-state index is 10.3. The molecule has 0 amide bonds. The summed E-state index contributed by atoms with van der Waals surface area (Å²) in [6, 6.07) is 10.3. The summed E-state index contributed by atoms with van der Waals surface area (Å²) in [6.07, 6.45) is 2.81. The van der Waals surface area contributed by atoms with Crippen LogP contribution in [0.15, 0.2) is 35.3 Å². The predicted octanol–water partition coefficient (Wildman–Crippen LogP) is 3.40. The summed E-state index contributed by atoms with van der Waals surface area (Å²) in [5, 5.41) is 16.9. The van der Waals surface area contributed by atoms with Gasteiger partial charge in [0.1, 0.15) is 0 Å². The Bertz CT molecular complexity index is 532. The van der Waals surface area contributed by atoms with E-state index in [1.807, 2.05) is 30.3 Å². The molecule has 1 saturated heterocycles. The quantitative estimate of drug-likeness (QED) is 0.298. The van der Waals surface area contributed by atoms with Crippen molar-refractivity contribution < 1.29 is 5.11 Å². The molecule has 1 aromatic carbocycles. The van der Waals surface area contributed by atoms with Gasteiger partial charge in [-0.15, -0.1) is 24.0 Å². The third-order valence-corrected chi connectivity index (χ3v) is 5.19. The Balaban J connectivity index is 0.00000364. The molecule has 0 spiro atoms. The first-order valence-electron chi connectivity index (χ1n) is 10.1. The number of likely N-dealkylation sites (tertiary alicyclic amines) is 1. The molecular formula is C21H37IN4O. The smallest absolute Gasteiger partial charge is 0.191 e. The van der Waals surface area contributed by atoms with Crippen LogP contribution in [0.1, 0.15) is 51.7 Å². The van der Waals surface area contributed by atoms with Crippen LogP contribution in [0.5, 0.6) is 0 Å². The summed E-state index contributed by atoms with van der Waals surface area (Å²) in [5.74, 6) is 1.70. The third-order valence-electron chi connectivity index (χ3n) is 5.19. The normalized spacial score (nSPS) is 18.4. The molecule has 1 heterocycles. The lowest BCUT2D eigenvalue weighted by Crippen LogP contribution is -2.43. The van der Waals surface area contributed by atoms with Gasteiger partial charge in [0.2, 0.25) is 0 Å². The van der Waals surface area contributed by atoms with E-state index in [9.17, 15) is 5.11 Å². The second kappa shape index (κ2) is 13.3. The number of hydrogen-bond acceptors (Lipinski definition) is 3. The molecule has 2 unspecified atom stereocenters. The van der Waals surface area contributed by atoms with Crippen LogP contribution < -0.4 is 10.6 Å². The standard InChI is InChI=1S/C21H36N4O.HI/c1-4-22-21(23-13-10-20(26)19-8-6-5-7-9-19)24-16-18(3)25-14-11-17(2)12-15-25;/h5-9,17-18,20,26H,4,10-16H2,1-3H3,(H2,22,23,24);1H. The van der Waals surface area contributed by atoms with E-state index >= 15 is 0 Å². The van der Waals surface area contributed by atoms with Crippen LogP contribution in [0.3, 0.4) is 0 Å². The van der Waals surface area contributed by atoms with Gasteiger partial charge in [-0.1, -0.05) is 37.3 Å². The molecule has 1 fully saturated rings. The van der Waals surface area contributed by atoms with Crippen LogP contribution in [0.4, 0.5) is 0 Å². The van der Waals surface area contributed by atoms with Gasteiger partial charge in [-0.2, -0.15) is 0 Å². The molecule has 2 rings (SSSR count). The Hall–Kier alpha value is -0.860. The number of halogens is 1. The van der Waals surface area contributed by atoms with Crippen molar-refractivity contribution in [2.45, 2.75) is 52.2 Å². The maximum Gasteiger partial charge on any atom is 0.191 e. The van der Waals surface area contributed by atoms with Gasteiger partial charge in [0.15, 0.2) is 5.96 Å². The van der Waals surface area contributed by atoms with Gasteiger partial charge >= 0.3 is 0 Å². The van der Waals surface area contributed by atoms with Crippen molar-refractivity contribution in [1.29, 1.82) is 0 Å². The Morgan fingerprint density at radius 1 is 1.22 bits per heavy atom. The van der Waals surface area contributed by atoms with Crippen LogP contribution in [-0.4, -0.2) is 54.7 Å². The lowest BCUT2D eigenvalue weighted by atomic mass is 9.98. The van der Waals surface area contributed by atoms with Crippen molar-refractivity contribution >= 4 is 29.9 Å². The molecule has 1 aliphatic rings. The Kier molecular flexibility index (Phi) is 11.9. The number of nitrogens with one attached hydrogen (secondary N) is 2. The highest BCUT2D eigenvalue weighted by Gasteiger charge is 2.20. The lowest BCUT2D eigenvalue weighted by Gasteiger charge is -2.34. The summed E-state index contributed by atoms with van der Waals surface area (Å²) in [5.41, 5.74) is 0.962. The first-order valence-corrected chi connectivity index (χ1v) is 10.1. The summed E-state index contributed by atoms with van der Waals surface area (Å²) < 4.78 is 0. The van der Waals surface area contributed by atoms with Gasteiger partial charge < -0.3 is 15.7 Å². The van der Waals surface area contributed by atoms with Gasteiger partial charge in [0, 0.05) is 19.1 Å². The average Bonchev–Trinajstić information content (AvgIpc) is 2.67. The van der Waals surface area contributed by atoms with Crippen LogP contribution in [0.25, 0.3) is 0 Å². The van der Waals surface area contributed by atoms with E-state index in [1.54, 1.807) is 0 Å². The van der Waals surface area contributed by atoms with Crippen LogP contribution in [0, 0.1) is 5.92 Å². The number of guanidine groups is 1. The molecule has 1 aliphatic heterocycles. The van der Waals surface area contributed by atoms with Gasteiger partial charge in [-0.25, -0.2) is 0 Å². The molecule has 1 aromatic rings. The molecule has 27 heavy (non-hydrogen) atoms. The van der Waals surface area contributed by atoms with Crippen molar-refractivity contribution in [3.63, 3.8) is 0 Å². The molecule has 2 atom stereocenters. The molecule has 0 saturated carbocycles. The Labute approximate surface area is 182 Å². The van der Waals surface area contributed by atoms with Gasteiger partial charge in [-0.3, -0.25) is 9.89 Å². The van der Waals surface area contributed by atoms with Gasteiger partial charge in [-0.05, 0) is 57.7 Å². The SMILES string of the molecule is CCNC(=NCC(C)N1CCC(C)CC1)NCCC(O)c1ccccc1.I. The minimum absolute atomic E-state index is 0. The van der Waals surface area contributed by atoms with E-state index in [-0.39, 0.29) is 24.0 Å². The number of hydrogen-bond donors (Lipinski definition) is 3. The molecule has 3 N–H and O–H groups in total. The topological polar surface area (TPSA) is 59.9 Å². The Morgan fingerprint density at radius 2 is 1.89 bits per heavy atom. The fourth-order valence-corrected chi connectivity index (χ4v) is 3.32. The zero-order chi connectivity index (χ0) is 18.8. The maximum atomic E-state index is 10.3. The molecule has 0 radical (unpaired) electrons. The lowest BCUT2D eigenvalue weighted by molar-refractivity contribution is 0.150. The van der Waals surface area contributed by atoms with Crippen molar-refractivity contribution in [3.8, 4) is 0 Å². The van der Waals surface area contributed by atoms with Crippen LogP contribution in [0.2, 0.25) is 0 Å². The van der Waals surface area contributed by atoms with Crippen molar-refractivity contribution in [1.82, 2.24) is 15.5 Å². The average molecular weight is 488 g/mol. The molecule has 5 nitrogen and oxygen atoms in total. The Morgan fingerprint density at radius 3 is 2.52 bits per heavy atom. The highest BCUT2D eigenvalue weighted by Crippen LogP contribution is 2.18. The second-order valence-electron chi connectivity index (χ2n) is 7.43. The summed E-state index contributed by atoms with van der Waals surface area (Å²) in [4.78, 5) is 7.30. The molecule has 154 valence electrons. The minimum Gasteiger partial charge on any atom is -0.388 e. The van der Waals surface area contributed by atoms with E-state index in [0.29, 0.717) is 19.0 Å². The van der Waals surface area contributed by atoms with Gasteiger partial charge in [0.05, 0.1) is 12.6 Å². The predicted molar refractivity (Wildman–Crippen MR) is 125 cm³/mol. The van der Waals surface area contributed by atoms with Crippen molar-refractivity contribution in [3.05, 3.63) is 35.9 Å². The minimum atomic E-state index is -0.444. The second-order valence-corrected chi connectivity index (χ2v) is 7.43. The highest BCUT2D eigenvalue weighted by atomic mass is 127. The first-order chi connectivity index (χ1) is 12.6. The zero-order valence-corrected chi connectivity index (χ0v) is 19.4. The monoisotopic (exact) mass is 488 g/mol. The molecular weight excluding hydrogens is 451 g/mol. The van der Waals surface area contributed by atoms with Gasteiger partial charge in [0.25, 0.3) is 0 Å². The number of aliphatic hydroxyl groups is 1. The largest absolute Gasteiger partial charge is 0.388 e. The van der Waals surface area contributed by atoms with E-state index in [4.69, 9.17) is 4.99 Å².